The molecule has 1 fully saturated rings. The molecule has 150 valence electrons. The summed E-state index contributed by atoms with van der Waals surface area (Å²) in [6.45, 7) is 1.67. The first-order valence-corrected chi connectivity index (χ1v) is 11.5. The van der Waals surface area contributed by atoms with Crippen LogP contribution in [0.1, 0.15) is 41.7 Å². The van der Waals surface area contributed by atoms with Crippen molar-refractivity contribution in [2.24, 2.45) is 5.41 Å². The lowest BCUT2D eigenvalue weighted by atomic mass is 9.70. The van der Waals surface area contributed by atoms with Crippen LogP contribution < -0.4 is 10.0 Å². The Hall–Kier alpha value is -2.25. The van der Waals surface area contributed by atoms with Crippen molar-refractivity contribution in [3.8, 4) is 0 Å². The molecule has 0 radical (unpaired) electrons. The molecule has 0 atom stereocenters. The molecule has 0 spiro atoms. The zero-order valence-electron chi connectivity index (χ0n) is 16.1. The summed E-state index contributed by atoms with van der Waals surface area (Å²) in [5, 5.41) is 3.35. The maximum Gasteiger partial charge on any atom is 0.229 e. The average Bonchev–Trinajstić information content (AvgIpc) is 2.68. The van der Waals surface area contributed by atoms with Gasteiger partial charge in [0.15, 0.2) is 5.78 Å². The second-order valence-electron chi connectivity index (χ2n) is 7.49. The summed E-state index contributed by atoms with van der Waals surface area (Å²) in [6.07, 6.45) is 7.14. The number of Topliss-reactive ketones (excluding diaryl/α,β-unsaturated/α-hetero) is 1. The van der Waals surface area contributed by atoms with Crippen LogP contribution in [0.25, 0.3) is 0 Å². The number of piperidine rings is 1. The van der Waals surface area contributed by atoms with Gasteiger partial charge in [0.05, 0.1) is 6.26 Å². The maximum absolute atomic E-state index is 13.4. The van der Waals surface area contributed by atoms with Crippen LogP contribution in [-0.4, -0.2) is 38.5 Å². The molecule has 2 aromatic rings. The minimum Gasteiger partial charge on any atom is -0.317 e. The number of anilines is 1. The number of rotatable bonds is 8. The first-order chi connectivity index (χ1) is 13.4. The Morgan fingerprint density at radius 3 is 2.46 bits per heavy atom. The van der Waals surface area contributed by atoms with E-state index in [1.165, 1.54) is 0 Å². The standard InChI is InChI=1S/C21H27N3O3S/c1-28(26,27)24-19-9-7-17(8-10-19)20(25)21(12-15-22-16-13-21)11-4-6-18-5-2-3-14-23-18/h2-3,5,7-10,14,22,24H,4,6,11-13,15-16H2,1H3. The van der Waals surface area contributed by atoms with Gasteiger partial charge in [0.25, 0.3) is 0 Å². The quantitative estimate of drug-likeness (QED) is 0.664. The third-order valence-corrected chi connectivity index (χ3v) is 5.91. The van der Waals surface area contributed by atoms with E-state index < -0.39 is 10.0 Å². The van der Waals surface area contributed by atoms with Gasteiger partial charge in [0.1, 0.15) is 0 Å². The van der Waals surface area contributed by atoms with Crippen molar-refractivity contribution in [1.82, 2.24) is 10.3 Å². The minimum atomic E-state index is -3.33. The fraction of sp³-hybridized carbons (Fsp3) is 0.429. The molecule has 1 aliphatic rings. The summed E-state index contributed by atoms with van der Waals surface area (Å²) in [4.78, 5) is 17.8. The van der Waals surface area contributed by atoms with E-state index in [0.29, 0.717) is 11.3 Å². The van der Waals surface area contributed by atoms with Crippen molar-refractivity contribution in [2.75, 3.05) is 24.1 Å². The lowest BCUT2D eigenvalue weighted by Crippen LogP contribution is -2.42. The Morgan fingerprint density at radius 1 is 1.14 bits per heavy atom. The van der Waals surface area contributed by atoms with E-state index in [9.17, 15) is 13.2 Å². The van der Waals surface area contributed by atoms with Crippen LogP contribution in [0.5, 0.6) is 0 Å². The van der Waals surface area contributed by atoms with Crippen LogP contribution in [0, 0.1) is 5.41 Å². The summed E-state index contributed by atoms with van der Waals surface area (Å²) >= 11 is 0. The van der Waals surface area contributed by atoms with Crippen molar-refractivity contribution in [2.45, 2.75) is 32.1 Å². The molecule has 0 aliphatic carbocycles. The fourth-order valence-electron chi connectivity index (χ4n) is 3.86. The average molecular weight is 402 g/mol. The lowest BCUT2D eigenvalue weighted by molar-refractivity contribution is 0.0701. The highest BCUT2D eigenvalue weighted by Crippen LogP contribution is 2.38. The van der Waals surface area contributed by atoms with Gasteiger partial charge in [-0.05, 0) is 81.6 Å². The van der Waals surface area contributed by atoms with Gasteiger partial charge < -0.3 is 5.32 Å². The first-order valence-electron chi connectivity index (χ1n) is 9.61. The number of hydrogen-bond donors (Lipinski definition) is 2. The van der Waals surface area contributed by atoms with E-state index in [2.05, 4.69) is 15.0 Å². The summed E-state index contributed by atoms with van der Waals surface area (Å²) < 4.78 is 25.2. The Kier molecular flexibility index (Phi) is 6.46. The Bertz CT molecular complexity index is 890. The fourth-order valence-corrected chi connectivity index (χ4v) is 4.42. The smallest absolute Gasteiger partial charge is 0.229 e. The molecule has 28 heavy (non-hydrogen) atoms. The van der Waals surface area contributed by atoms with Gasteiger partial charge in [0, 0.05) is 28.6 Å². The van der Waals surface area contributed by atoms with E-state index in [1.807, 2.05) is 18.2 Å². The van der Waals surface area contributed by atoms with Crippen LogP contribution in [0.3, 0.4) is 0 Å². The molecule has 1 saturated heterocycles. The molecule has 1 aliphatic heterocycles. The number of carbonyl (C=O) groups is 1. The molecule has 0 unspecified atom stereocenters. The van der Waals surface area contributed by atoms with Crippen molar-refractivity contribution in [1.29, 1.82) is 0 Å². The number of aromatic nitrogens is 1. The summed E-state index contributed by atoms with van der Waals surface area (Å²) in [7, 11) is -3.33. The van der Waals surface area contributed by atoms with Crippen LogP contribution in [0.2, 0.25) is 0 Å². The van der Waals surface area contributed by atoms with Crippen molar-refractivity contribution >= 4 is 21.5 Å². The topological polar surface area (TPSA) is 88.2 Å². The van der Waals surface area contributed by atoms with Crippen LogP contribution in [0.4, 0.5) is 5.69 Å². The van der Waals surface area contributed by atoms with Gasteiger partial charge in [-0.25, -0.2) is 8.42 Å². The predicted octanol–water partition coefficient (Wildman–Crippen LogP) is 3.03. The number of pyridine rings is 1. The Labute approximate surface area is 166 Å². The Balaban J connectivity index is 1.72. The zero-order chi connectivity index (χ0) is 20.0. The number of aryl methyl sites for hydroxylation is 1. The molecule has 7 heteroatoms. The number of nitrogens with one attached hydrogen (secondary N) is 2. The van der Waals surface area contributed by atoms with E-state index in [0.717, 1.165) is 57.1 Å². The van der Waals surface area contributed by atoms with Crippen molar-refractivity contribution < 1.29 is 13.2 Å². The number of hydrogen-bond acceptors (Lipinski definition) is 5. The highest BCUT2D eigenvalue weighted by molar-refractivity contribution is 7.92. The molecule has 3 rings (SSSR count). The maximum atomic E-state index is 13.4. The van der Waals surface area contributed by atoms with E-state index in [1.54, 1.807) is 30.5 Å². The van der Waals surface area contributed by atoms with Crippen LogP contribution >= 0.6 is 0 Å². The molecule has 6 nitrogen and oxygen atoms in total. The highest BCUT2D eigenvalue weighted by Gasteiger charge is 2.39. The highest BCUT2D eigenvalue weighted by atomic mass is 32.2. The SMILES string of the molecule is CS(=O)(=O)Nc1ccc(C(=O)C2(CCCc3ccccn3)CCNCC2)cc1. The number of sulfonamides is 1. The molecular formula is C21H27N3O3S. The number of nitrogens with zero attached hydrogens (tertiary/aromatic N) is 1. The predicted molar refractivity (Wildman–Crippen MR) is 111 cm³/mol. The minimum absolute atomic E-state index is 0.154. The van der Waals surface area contributed by atoms with Crippen molar-refractivity contribution in [3.63, 3.8) is 0 Å². The largest absolute Gasteiger partial charge is 0.317 e. The monoisotopic (exact) mass is 401 g/mol. The summed E-state index contributed by atoms with van der Waals surface area (Å²) in [5.74, 6) is 0.154. The van der Waals surface area contributed by atoms with Gasteiger partial charge in [-0.15, -0.1) is 0 Å². The molecule has 1 aromatic heterocycles. The number of ketones is 1. The third-order valence-electron chi connectivity index (χ3n) is 5.31. The summed E-state index contributed by atoms with van der Waals surface area (Å²) in [5.41, 5.74) is 1.79. The molecule has 2 N–H and O–H groups in total. The van der Waals surface area contributed by atoms with Gasteiger partial charge in [0.2, 0.25) is 10.0 Å². The van der Waals surface area contributed by atoms with Crippen LogP contribution in [0.15, 0.2) is 48.7 Å². The normalized spacial score (nSPS) is 16.5. The molecule has 0 saturated carbocycles. The number of benzene rings is 1. The lowest BCUT2D eigenvalue weighted by Gasteiger charge is -2.36. The second-order valence-corrected chi connectivity index (χ2v) is 9.23. The molecule has 1 aromatic carbocycles. The van der Waals surface area contributed by atoms with Gasteiger partial charge in [-0.1, -0.05) is 6.07 Å². The molecule has 0 bridgehead atoms. The van der Waals surface area contributed by atoms with Gasteiger partial charge in [-0.3, -0.25) is 14.5 Å². The Morgan fingerprint density at radius 2 is 1.86 bits per heavy atom. The van der Waals surface area contributed by atoms with Gasteiger partial charge in [-0.2, -0.15) is 0 Å². The van der Waals surface area contributed by atoms with Crippen molar-refractivity contribution in [3.05, 3.63) is 59.9 Å². The van der Waals surface area contributed by atoms with E-state index in [-0.39, 0.29) is 11.2 Å². The number of carbonyl (C=O) groups excluding carboxylic acids is 1. The van der Waals surface area contributed by atoms with E-state index >= 15 is 0 Å². The van der Waals surface area contributed by atoms with Gasteiger partial charge >= 0.3 is 0 Å². The molecule has 0 amide bonds. The van der Waals surface area contributed by atoms with Crippen LogP contribution in [-0.2, 0) is 16.4 Å². The molecular weight excluding hydrogens is 374 g/mol. The second kappa shape index (κ2) is 8.84. The first kappa shape index (κ1) is 20.5. The summed E-state index contributed by atoms with van der Waals surface area (Å²) in [6, 6.07) is 12.7. The molecule has 2 heterocycles. The zero-order valence-corrected chi connectivity index (χ0v) is 17.0. The third kappa shape index (κ3) is 5.39. The van der Waals surface area contributed by atoms with E-state index in [4.69, 9.17) is 0 Å².